The van der Waals surface area contributed by atoms with Gasteiger partial charge < -0.3 is 19.5 Å². The summed E-state index contributed by atoms with van der Waals surface area (Å²) in [5.74, 6) is 0.431. The summed E-state index contributed by atoms with van der Waals surface area (Å²) < 4.78 is 8.13. The smallest absolute Gasteiger partial charge is 0.296 e. The van der Waals surface area contributed by atoms with Crippen LogP contribution in [-0.4, -0.2) is 26.7 Å². The second kappa shape index (κ2) is 9.95. The number of halogens is 1. The van der Waals surface area contributed by atoms with Crippen LogP contribution in [0.25, 0.3) is 5.69 Å². The monoisotopic (exact) mass is 577 g/mol. The number of aromatic nitrogens is 2. The number of anilines is 1. The summed E-state index contributed by atoms with van der Waals surface area (Å²) in [6.45, 7) is 3.93. The Bertz CT molecular complexity index is 1490. The lowest BCUT2D eigenvalue weighted by Crippen LogP contribution is -2.29. The Hall–Kier alpha value is -3.76. The highest BCUT2D eigenvalue weighted by Crippen LogP contribution is 2.44. The van der Waals surface area contributed by atoms with Crippen LogP contribution in [0, 0.1) is 24.0 Å². The van der Waals surface area contributed by atoms with Crippen molar-refractivity contribution in [2.45, 2.75) is 25.9 Å². The van der Waals surface area contributed by atoms with Gasteiger partial charge in [-0.3, -0.25) is 15.1 Å². The molecule has 0 bridgehead atoms. The summed E-state index contributed by atoms with van der Waals surface area (Å²) in [5.41, 5.74) is 4.98. The van der Waals surface area contributed by atoms with Crippen LogP contribution in [0.15, 0.2) is 77.4 Å². The number of methoxy groups -OCH3 is 1. The predicted molar refractivity (Wildman–Crippen MR) is 151 cm³/mol. The van der Waals surface area contributed by atoms with Crippen LogP contribution >= 0.6 is 28.1 Å². The minimum absolute atomic E-state index is 0.0289. The summed E-state index contributed by atoms with van der Waals surface area (Å²) in [5, 5.41) is 16.0. The van der Waals surface area contributed by atoms with Crippen molar-refractivity contribution >= 4 is 44.6 Å². The van der Waals surface area contributed by atoms with Gasteiger partial charge >= 0.3 is 0 Å². The molecule has 3 heterocycles. The van der Waals surface area contributed by atoms with Crippen LogP contribution in [0.2, 0.25) is 0 Å². The Morgan fingerprint density at radius 1 is 1.11 bits per heavy atom. The van der Waals surface area contributed by atoms with Gasteiger partial charge in [-0.15, -0.1) is 0 Å². The van der Waals surface area contributed by atoms with Gasteiger partial charge in [-0.25, -0.2) is 0 Å². The van der Waals surface area contributed by atoms with E-state index in [0.717, 1.165) is 32.8 Å². The molecule has 0 aliphatic carbocycles. The van der Waals surface area contributed by atoms with E-state index in [1.165, 1.54) is 13.2 Å². The molecule has 2 atom stereocenters. The fourth-order valence-electron chi connectivity index (χ4n) is 4.97. The molecule has 1 saturated heterocycles. The molecule has 0 amide bonds. The molecule has 1 fully saturated rings. The van der Waals surface area contributed by atoms with E-state index in [1.807, 2.05) is 60.9 Å². The molecule has 0 unspecified atom stereocenters. The molecular formula is C27H24BrN5O3S. The number of pyridine rings is 1. The number of nitrogens with zero attached hydrogens (tertiary/aromatic N) is 4. The van der Waals surface area contributed by atoms with Gasteiger partial charge in [0.25, 0.3) is 5.69 Å². The highest BCUT2D eigenvalue weighted by molar-refractivity contribution is 9.10. The highest BCUT2D eigenvalue weighted by Gasteiger charge is 2.42. The van der Waals surface area contributed by atoms with Crippen molar-refractivity contribution < 1.29 is 9.66 Å². The van der Waals surface area contributed by atoms with Gasteiger partial charge in [-0.2, -0.15) is 0 Å². The van der Waals surface area contributed by atoms with E-state index in [4.69, 9.17) is 17.0 Å². The second-order valence-corrected chi connectivity index (χ2v) is 10.0. The maximum absolute atomic E-state index is 12.0. The van der Waals surface area contributed by atoms with E-state index in [0.29, 0.717) is 16.5 Å². The summed E-state index contributed by atoms with van der Waals surface area (Å²) in [6.07, 6.45) is 1.77. The van der Waals surface area contributed by atoms with Crippen molar-refractivity contribution in [2.24, 2.45) is 0 Å². The first-order valence-electron chi connectivity index (χ1n) is 11.6. The summed E-state index contributed by atoms with van der Waals surface area (Å²) in [7, 11) is 1.49. The number of ether oxygens (including phenoxy) is 1. The van der Waals surface area contributed by atoms with E-state index in [9.17, 15) is 10.1 Å². The summed E-state index contributed by atoms with van der Waals surface area (Å²) in [4.78, 5) is 18.3. The van der Waals surface area contributed by atoms with Crippen LogP contribution in [0.4, 0.5) is 11.4 Å². The van der Waals surface area contributed by atoms with Crippen LogP contribution in [0.3, 0.4) is 0 Å². The lowest BCUT2D eigenvalue weighted by Gasteiger charge is -2.28. The number of hydrogen-bond acceptors (Lipinski definition) is 5. The van der Waals surface area contributed by atoms with Crippen LogP contribution in [0.1, 0.15) is 34.7 Å². The van der Waals surface area contributed by atoms with Gasteiger partial charge in [0.1, 0.15) is 11.4 Å². The molecular weight excluding hydrogens is 554 g/mol. The molecule has 0 radical (unpaired) electrons. The Balaban J connectivity index is 1.70. The van der Waals surface area contributed by atoms with Crippen molar-refractivity contribution in [3.8, 4) is 11.4 Å². The van der Waals surface area contributed by atoms with Crippen molar-refractivity contribution in [3.05, 3.63) is 110 Å². The van der Waals surface area contributed by atoms with E-state index in [-0.39, 0.29) is 22.7 Å². The molecule has 0 spiro atoms. The fourth-order valence-corrected chi connectivity index (χ4v) is 5.58. The SMILES string of the molecule is COc1ccc(-n2c(C)cc([C@@H]3[C@@H](c4ccccn4)NC(=S)N3c3ccc(Br)cc3)c2C)c([N+](=O)[O-])c1. The Labute approximate surface area is 228 Å². The molecule has 2 aromatic carbocycles. The van der Waals surface area contributed by atoms with Gasteiger partial charge in [0.2, 0.25) is 0 Å². The quantitative estimate of drug-likeness (QED) is 0.162. The second-order valence-electron chi connectivity index (χ2n) is 8.75. The Morgan fingerprint density at radius 3 is 2.51 bits per heavy atom. The molecule has 4 aromatic rings. The van der Waals surface area contributed by atoms with Crippen LogP contribution in [-0.2, 0) is 0 Å². The summed E-state index contributed by atoms with van der Waals surface area (Å²) in [6, 6.07) is 20.3. The molecule has 10 heteroatoms. The normalized spacial score (nSPS) is 17.1. The van der Waals surface area contributed by atoms with Crippen molar-refractivity contribution in [1.82, 2.24) is 14.9 Å². The van der Waals surface area contributed by atoms with Gasteiger partial charge in [-0.1, -0.05) is 22.0 Å². The van der Waals surface area contributed by atoms with E-state index < -0.39 is 0 Å². The third kappa shape index (κ3) is 4.47. The first-order valence-corrected chi connectivity index (χ1v) is 12.8. The number of hydrogen-bond donors (Lipinski definition) is 1. The van der Waals surface area contributed by atoms with E-state index in [1.54, 1.807) is 18.3 Å². The zero-order chi connectivity index (χ0) is 26.3. The molecule has 5 rings (SSSR count). The van der Waals surface area contributed by atoms with Gasteiger partial charge in [0.05, 0.1) is 35.9 Å². The molecule has 37 heavy (non-hydrogen) atoms. The zero-order valence-electron chi connectivity index (χ0n) is 20.4. The average Bonchev–Trinajstić information content (AvgIpc) is 3.39. The number of thiocarbonyl (C=S) groups is 1. The lowest BCUT2D eigenvalue weighted by molar-refractivity contribution is -0.384. The fraction of sp³-hybridized carbons (Fsp3) is 0.185. The number of nitro benzene ring substituents is 1. The minimum Gasteiger partial charge on any atom is -0.496 e. The van der Waals surface area contributed by atoms with Gasteiger partial charge in [0.15, 0.2) is 5.11 Å². The first-order chi connectivity index (χ1) is 17.8. The number of rotatable bonds is 6. The number of aryl methyl sites for hydroxylation is 1. The van der Waals surface area contributed by atoms with Gasteiger partial charge in [0, 0.05) is 27.7 Å². The number of benzene rings is 2. The molecule has 188 valence electrons. The third-order valence-corrected chi connectivity index (χ3v) is 7.46. The van der Waals surface area contributed by atoms with Gasteiger partial charge in [-0.05, 0) is 86.2 Å². The molecule has 0 saturated carbocycles. The largest absolute Gasteiger partial charge is 0.496 e. The average molecular weight is 578 g/mol. The lowest BCUT2D eigenvalue weighted by atomic mass is 9.96. The molecule has 1 N–H and O–H groups in total. The Morgan fingerprint density at radius 2 is 1.86 bits per heavy atom. The zero-order valence-corrected chi connectivity index (χ0v) is 22.8. The topological polar surface area (TPSA) is 85.5 Å². The standard InChI is InChI=1S/C27H24BrN5O3S/c1-16-14-21(17(2)31(16)23-12-11-20(36-3)15-24(23)33(34)35)26-25(22-6-4-5-13-29-22)30-27(37)32(26)19-9-7-18(28)8-10-19/h4-15,25-26H,1-3H3,(H,30,37)/t25-,26-/m1/s1. The summed E-state index contributed by atoms with van der Waals surface area (Å²) >= 11 is 9.35. The third-order valence-electron chi connectivity index (χ3n) is 6.61. The molecule has 1 aliphatic rings. The van der Waals surface area contributed by atoms with Crippen LogP contribution < -0.4 is 15.0 Å². The molecule has 1 aliphatic heterocycles. The maximum atomic E-state index is 12.0. The Kier molecular flexibility index (Phi) is 6.70. The maximum Gasteiger partial charge on any atom is 0.296 e. The molecule has 2 aromatic heterocycles. The highest BCUT2D eigenvalue weighted by atomic mass is 79.9. The first kappa shape index (κ1) is 24.9. The molecule has 8 nitrogen and oxygen atoms in total. The number of nitro groups is 1. The van der Waals surface area contributed by atoms with E-state index in [2.05, 4.69) is 37.2 Å². The van der Waals surface area contributed by atoms with Crippen LogP contribution in [0.5, 0.6) is 5.75 Å². The van der Waals surface area contributed by atoms with Crippen molar-refractivity contribution in [2.75, 3.05) is 12.0 Å². The van der Waals surface area contributed by atoms with Crippen molar-refractivity contribution in [3.63, 3.8) is 0 Å². The minimum atomic E-state index is -0.381. The van der Waals surface area contributed by atoms with E-state index >= 15 is 0 Å². The predicted octanol–water partition coefficient (Wildman–Crippen LogP) is 6.35. The van der Waals surface area contributed by atoms with Crippen molar-refractivity contribution in [1.29, 1.82) is 0 Å². The number of nitrogens with one attached hydrogen (secondary N) is 1.